The molecule has 3 atom stereocenters. The highest BCUT2D eigenvalue weighted by Gasteiger charge is 2.56. The van der Waals surface area contributed by atoms with E-state index in [4.69, 9.17) is 23.2 Å². The number of rotatable bonds is 5. The molecule has 0 aliphatic heterocycles. The van der Waals surface area contributed by atoms with E-state index in [-0.39, 0.29) is 24.3 Å². The maximum absolute atomic E-state index is 11.6. The van der Waals surface area contributed by atoms with Gasteiger partial charge in [0.1, 0.15) is 4.33 Å². The zero-order chi connectivity index (χ0) is 12.6. The van der Waals surface area contributed by atoms with E-state index < -0.39 is 9.93 Å². The van der Waals surface area contributed by atoms with Crippen LogP contribution < -0.4 is 5.32 Å². The third kappa shape index (κ3) is 3.25. The summed E-state index contributed by atoms with van der Waals surface area (Å²) in [5.41, 5.74) is -0.888. The first-order valence-electron chi connectivity index (χ1n) is 5.58. The van der Waals surface area contributed by atoms with Crippen molar-refractivity contribution in [1.82, 2.24) is 5.32 Å². The minimum Gasteiger partial charge on any atom is -0.388 e. The second-order valence-corrected chi connectivity index (χ2v) is 6.44. The zero-order valence-electron chi connectivity index (χ0n) is 9.89. The van der Waals surface area contributed by atoms with Crippen LogP contribution in [0.1, 0.15) is 33.6 Å². The Morgan fingerprint density at radius 1 is 1.69 bits per heavy atom. The van der Waals surface area contributed by atoms with Crippen LogP contribution in [0.5, 0.6) is 0 Å². The zero-order valence-corrected chi connectivity index (χ0v) is 11.4. The summed E-state index contributed by atoms with van der Waals surface area (Å²) < 4.78 is -0.897. The number of hydrogen-bond acceptors (Lipinski definition) is 2. The molecule has 3 nitrogen and oxygen atoms in total. The number of amides is 1. The third-order valence-corrected chi connectivity index (χ3v) is 4.27. The number of aliphatic hydroxyl groups is 1. The fourth-order valence-corrected chi connectivity index (χ4v) is 2.01. The van der Waals surface area contributed by atoms with Crippen molar-refractivity contribution in [3.05, 3.63) is 0 Å². The molecule has 0 aromatic carbocycles. The van der Waals surface area contributed by atoms with Crippen LogP contribution in [0.2, 0.25) is 0 Å². The first kappa shape index (κ1) is 14.1. The first-order chi connectivity index (χ1) is 7.20. The normalized spacial score (nSPS) is 28.0. The van der Waals surface area contributed by atoms with Crippen molar-refractivity contribution in [2.24, 2.45) is 11.8 Å². The number of nitrogens with one attached hydrogen (secondary N) is 1. The first-order valence-corrected chi connectivity index (χ1v) is 6.34. The highest BCUT2D eigenvalue weighted by Crippen LogP contribution is 2.53. The quantitative estimate of drug-likeness (QED) is 0.750. The number of alkyl halides is 2. The van der Waals surface area contributed by atoms with Gasteiger partial charge >= 0.3 is 0 Å². The Labute approximate surface area is 106 Å². The molecule has 1 aliphatic carbocycles. The molecule has 16 heavy (non-hydrogen) atoms. The van der Waals surface area contributed by atoms with Gasteiger partial charge in [0.25, 0.3) is 0 Å². The summed E-state index contributed by atoms with van der Waals surface area (Å²) in [6.45, 7) is 5.92. The van der Waals surface area contributed by atoms with Crippen LogP contribution in [0.4, 0.5) is 0 Å². The van der Waals surface area contributed by atoms with Crippen LogP contribution in [0.15, 0.2) is 0 Å². The van der Waals surface area contributed by atoms with E-state index in [1.807, 2.05) is 13.8 Å². The van der Waals surface area contributed by atoms with Gasteiger partial charge in [-0.15, -0.1) is 23.2 Å². The fraction of sp³-hybridized carbons (Fsp3) is 0.909. The molecule has 0 heterocycles. The lowest BCUT2D eigenvalue weighted by Crippen LogP contribution is -2.45. The summed E-state index contributed by atoms with van der Waals surface area (Å²) in [6, 6.07) is 0. The molecule has 0 spiro atoms. The Hall–Kier alpha value is 0.01000. The molecular weight excluding hydrogens is 249 g/mol. The Morgan fingerprint density at radius 2 is 2.19 bits per heavy atom. The van der Waals surface area contributed by atoms with Gasteiger partial charge in [-0.25, -0.2) is 0 Å². The summed E-state index contributed by atoms with van der Waals surface area (Å²) >= 11 is 11.6. The monoisotopic (exact) mass is 267 g/mol. The predicted octanol–water partition coefficient (Wildman–Crippen LogP) is 2.09. The van der Waals surface area contributed by atoms with Crippen LogP contribution in [0, 0.1) is 11.8 Å². The predicted molar refractivity (Wildman–Crippen MR) is 65.6 cm³/mol. The Kier molecular flexibility index (Phi) is 4.14. The molecule has 2 N–H and O–H groups in total. The van der Waals surface area contributed by atoms with Gasteiger partial charge in [0, 0.05) is 6.54 Å². The van der Waals surface area contributed by atoms with E-state index in [9.17, 15) is 9.90 Å². The molecule has 1 saturated carbocycles. The average Bonchev–Trinajstić information content (AvgIpc) is 2.83. The van der Waals surface area contributed by atoms with Gasteiger partial charge < -0.3 is 10.4 Å². The lowest BCUT2D eigenvalue weighted by atomic mass is 9.88. The molecule has 0 bridgehead atoms. The topological polar surface area (TPSA) is 49.3 Å². The number of halogens is 2. The summed E-state index contributed by atoms with van der Waals surface area (Å²) in [7, 11) is 0. The number of carbonyl (C=O) groups is 1. The van der Waals surface area contributed by atoms with Crippen LogP contribution in [-0.2, 0) is 4.79 Å². The molecule has 0 saturated heterocycles. The minimum absolute atomic E-state index is 0.128. The molecule has 1 amide bonds. The number of carbonyl (C=O) groups excluding carboxylic acids is 1. The van der Waals surface area contributed by atoms with Gasteiger partial charge in [-0.2, -0.15) is 0 Å². The molecule has 0 aromatic heterocycles. The molecule has 1 aliphatic rings. The van der Waals surface area contributed by atoms with Gasteiger partial charge in [0.2, 0.25) is 5.91 Å². The van der Waals surface area contributed by atoms with E-state index >= 15 is 0 Å². The Morgan fingerprint density at radius 3 is 2.56 bits per heavy atom. The standard InChI is InChI=1S/C11H19Cl2NO2/c1-4-7(2)10(3,16)6-14-9(15)8-5-11(8,12)13/h7-8,16H,4-6H2,1-3H3,(H,14,15)/t7-,8+,10-/m0/s1. The molecule has 94 valence electrons. The smallest absolute Gasteiger partial charge is 0.226 e. The summed E-state index contributed by atoms with van der Waals surface area (Å²) in [4.78, 5) is 11.6. The van der Waals surface area contributed by atoms with Crippen LogP contribution in [-0.4, -0.2) is 27.5 Å². The summed E-state index contributed by atoms with van der Waals surface area (Å²) in [5.74, 6) is -0.374. The maximum Gasteiger partial charge on any atom is 0.226 e. The molecule has 0 radical (unpaired) electrons. The second-order valence-electron chi connectivity index (χ2n) is 4.90. The van der Waals surface area contributed by atoms with Gasteiger partial charge in [-0.1, -0.05) is 20.3 Å². The van der Waals surface area contributed by atoms with Gasteiger partial charge in [0.05, 0.1) is 11.5 Å². The number of hydrogen-bond donors (Lipinski definition) is 2. The van der Waals surface area contributed by atoms with Gasteiger partial charge in [0.15, 0.2) is 0 Å². The van der Waals surface area contributed by atoms with Gasteiger partial charge in [-0.3, -0.25) is 4.79 Å². The molecule has 0 unspecified atom stereocenters. The maximum atomic E-state index is 11.6. The van der Waals surface area contributed by atoms with Crippen molar-refractivity contribution in [1.29, 1.82) is 0 Å². The molecular formula is C11H19Cl2NO2. The highest BCUT2D eigenvalue weighted by molar-refractivity contribution is 6.52. The Balaban J connectivity index is 2.37. The average molecular weight is 268 g/mol. The second kappa shape index (κ2) is 4.71. The van der Waals surface area contributed by atoms with Crippen LogP contribution in [0.3, 0.4) is 0 Å². The minimum atomic E-state index is -0.897. The van der Waals surface area contributed by atoms with Crippen molar-refractivity contribution >= 4 is 29.1 Å². The molecule has 0 aromatic rings. The van der Waals surface area contributed by atoms with Crippen molar-refractivity contribution in [2.45, 2.75) is 43.5 Å². The van der Waals surface area contributed by atoms with Crippen molar-refractivity contribution in [3.8, 4) is 0 Å². The third-order valence-electron chi connectivity index (χ3n) is 3.44. The van der Waals surface area contributed by atoms with E-state index in [0.29, 0.717) is 6.42 Å². The van der Waals surface area contributed by atoms with Crippen molar-refractivity contribution in [3.63, 3.8) is 0 Å². The SMILES string of the molecule is CC[C@H](C)[C@@](C)(O)CNC(=O)[C@H]1CC1(Cl)Cl. The van der Waals surface area contributed by atoms with E-state index in [0.717, 1.165) is 6.42 Å². The van der Waals surface area contributed by atoms with Crippen molar-refractivity contribution < 1.29 is 9.90 Å². The summed E-state index contributed by atoms with van der Waals surface area (Å²) in [6.07, 6.45) is 1.36. The van der Waals surface area contributed by atoms with E-state index in [1.54, 1.807) is 6.92 Å². The highest BCUT2D eigenvalue weighted by atomic mass is 35.5. The molecule has 1 rings (SSSR count). The Bertz CT molecular complexity index is 279. The van der Waals surface area contributed by atoms with Crippen LogP contribution in [0.25, 0.3) is 0 Å². The van der Waals surface area contributed by atoms with E-state index in [1.165, 1.54) is 0 Å². The largest absolute Gasteiger partial charge is 0.388 e. The molecule has 1 fully saturated rings. The summed E-state index contributed by atoms with van der Waals surface area (Å²) in [5, 5.41) is 12.8. The molecule has 5 heteroatoms. The van der Waals surface area contributed by atoms with Gasteiger partial charge in [-0.05, 0) is 19.3 Å². The fourth-order valence-electron chi connectivity index (χ4n) is 1.50. The van der Waals surface area contributed by atoms with Crippen molar-refractivity contribution in [2.75, 3.05) is 6.54 Å². The van der Waals surface area contributed by atoms with Crippen LogP contribution >= 0.6 is 23.2 Å². The van der Waals surface area contributed by atoms with E-state index in [2.05, 4.69) is 5.32 Å². The lowest BCUT2D eigenvalue weighted by molar-refractivity contribution is -0.124. The lowest BCUT2D eigenvalue weighted by Gasteiger charge is -2.29.